The highest BCUT2D eigenvalue weighted by Gasteiger charge is 2.19. The summed E-state index contributed by atoms with van der Waals surface area (Å²) in [6, 6.07) is 0. The molecule has 1 atom stereocenters. The van der Waals surface area contributed by atoms with Crippen molar-refractivity contribution in [1.29, 1.82) is 0 Å². The predicted molar refractivity (Wildman–Crippen MR) is 55.9 cm³/mol. The molecular formula is C11H23NO. The summed E-state index contributed by atoms with van der Waals surface area (Å²) in [5.41, 5.74) is 0.0238. The maximum atomic E-state index is 5.79. The molecule has 0 spiro atoms. The molecule has 0 bridgehead atoms. The van der Waals surface area contributed by atoms with E-state index in [4.69, 9.17) is 4.74 Å². The van der Waals surface area contributed by atoms with Crippen molar-refractivity contribution in [3.63, 3.8) is 0 Å². The third-order valence-corrected chi connectivity index (χ3v) is 2.47. The van der Waals surface area contributed by atoms with Crippen molar-refractivity contribution in [3.05, 3.63) is 0 Å². The van der Waals surface area contributed by atoms with Gasteiger partial charge in [0.1, 0.15) is 0 Å². The second-order valence-corrected chi connectivity index (χ2v) is 5.19. The number of piperidine rings is 1. The molecule has 0 saturated carbocycles. The van der Waals surface area contributed by atoms with E-state index in [1.54, 1.807) is 0 Å². The van der Waals surface area contributed by atoms with Gasteiger partial charge in [0.15, 0.2) is 0 Å². The van der Waals surface area contributed by atoms with Crippen molar-refractivity contribution in [2.24, 2.45) is 5.92 Å². The largest absolute Gasteiger partial charge is 0.376 e. The zero-order valence-electron chi connectivity index (χ0n) is 9.47. The van der Waals surface area contributed by atoms with E-state index in [9.17, 15) is 0 Å². The molecule has 1 rings (SSSR count). The molecule has 2 heteroatoms. The second-order valence-electron chi connectivity index (χ2n) is 5.19. The minimum atomic E-state index is 0.0238. The smallest absolute Gasteiger partial charge is 0.0598 e. The van der Waals surface area contributed by atoms with Crippen LogP contribution in [0.2, 0.25) is 0 Å². The zero-order valence-corrected chi connectivity index (χ0v) is 9.47. The average Bonchev–Trinajstić information content (AvgIpc) is 2.00. The lowest BCUT2D eigenvalue weighted by Gasteiger charge is -2.31. The van der Waals surface area contributed by atoms with Gasteiger partial charge in [-0.2, -0.15) is 0 Å². The molecule has 1 fully saturated rings. The van der Waals surface area contributed by atoms with E-state index in [0.29, 0.717) is 0 Å². The maximum absolute atomic E-state index is 5.79. The van der Waals surface area contributed by atoms with E-state index in [1.165, 1.54) is 25.9 Å². The monoisotopic (exact) mass is 185 g/mol. The van der Waals surface area contributed by atoms with Gasteiger partial charge in [-0.25, -0.2) is 0 Å². The van der Waals surface area contributed by atoms with Gasteiger partial charge in [0.05, 0.1) is 12.2 Å². The molecule has 0 aromatic heterocycles. The van der Waals surface area contributed by atoms with Crippen molar-refractivity contribution in [2.75, 3.05) is 26.7 Å². The first-order chi connectivity index (χ1) is 5.97. The zero-order chi connectivity index (χ0) is 9.90. The third kappa shape index (κ3) is 4.63. The first-order valence-electron chi connectivity index (χ1n) is 5.30. The van der Waals surface area contributed by atoms with Gasteiger partial charge < -0.3 is 9.64 Å². The molecule has 2 nitrogen and oxygen atoms in total. The summed E-state index contributed by atoms with van der Waals surface area (Å²) in [6.45, 7) is 9.76. The summed E-state index contributed by atoms with van der Waals surface area (Å²) in [5, 5.41) is 0. The molecule has 13 heavy (non-hydrogen) atoms. The van der Waals surface area contributed by atoms with Crippen molar-refractivity contribution >= 4 is 0 Å². The summed E-state index contributed by atoms with van der Waals surface area (Å²) in [7, 11) is 2.20. The van der Waals surface area contributed by atoms with Crippen molar-refractivity contribution in [1.82, 2.24) is 4.90 Å². The van der Waals surface area contributed by atoms with Crippen LogP contribution >= 0.6 is 0 Å². The molecule has 0 unspecified atom stereocenters. The SMILES string of the molecule is CN1CCC[C@H](COC(C)(C)C)C1. The lowest BCUT2D eigenvalue weighted by molar-refractivity contribution is -0.0328. The number of ether oxygens (including phenoxy) is 1. The van der Waals surface area contributed by atoms with Crippen LogP contribution in [0.25, 0.3) is 0 Å². The Kier molecular flexibility index (Phi) is 3.74. The molecule has 0 radical (unpaired) electrons. The van der Waals surface area contributed by atoms with Gasteiger partial charge in [0.2, 0.25) is 0 Å². The fraction of sp³-hybridized carbons (Fsp3) is 1.00. The number of nitrogens with zero attached hydrogens (tertiary/aromatic N) is 1. The Morgan fingerprint density at radius 3 is 2.62 bits per heavy atom. The van der Waals surface area contributed by atoms with E-state index >= 15 is 0 Å². The van der Waals surface area contributed by atoms with Crippen LogP contribution in [0.4, 0.5) is 0 Å². The van der Waals surface area contributed by atoms with Crippen LogP contribution in [0.15, 0.2) is 0 Å². The lowest BCUT2D eigenvalue weighted by Crippen LogP contribution is -2.36. The van der Waals surface area contributed by atoms with Crippen LogP contribution in [0.3, 0.4) is 0 Å². The Bertz CT molecular complexity index is 151. The van der Waals surface area contributed by atoms with E-state index in [-0.39, 0.29) is 5.60 Å². The fourth-order valence-electron chi connectivity index (χ4n) is 1.78. The normalized spacial score (nSPS) is 26.3. The summed E-state index contributed by atoms with van der Waals surface area (Å²) >= 11 is 0. The van der Waals surface area contributed by atoms with Crippen molar-refractivity contribution < 1.29 is 4.74 Å². The van der Waals surface area contributed by atoms with E-state index in [1.807, 2.05) is 0 Å². The molecule has 0 N–H and O–H groups in total. The molecular weight excluding hydrogens is 162 g/mol. The molecule has 1 saturated heterocycles. The first kappa shape index (κ1) is 11.0. The Morgan fingerprint density at radius 2 is 2.08 bits per heavy atom. The number of likely N-dealkylation sites (tertiary alicyclic amines) is 1. The minimum Gasteiger partial charge on any atom is -0.376 e. The van der Waals surface area contributed by atoms with Gasteiger partial charge in [-0.1, -0.05) is 0 Å². The maximum Gasteiger partial charge on any atom is 0.0598 e. The summed E-state index contributed by atoms with van der Waals surface area (Å²) in [5.74, 6) is 0.748. The van der Waals surface area contributed by atoms with Gasteiger partial charge in [0, 0.05) is 6.54 Å². The van der Waals surface area contributed by atoms with Gasteiger partial charge in [-0.3, -0.25) is 0 Å². The quantitative estimate of drug-likeness (QED) is 0.653. The molecule has 0 aromatic carbocycles. The Hall–Kier alpha value is -0.0800. The Balaban J connectivity index is 2.21. The number of rotatable bonds is 2. The fourth-order valence-corrected chi connectivity index (χ4v) is 1.78. The first-order valence-corrected chi connectivity index (χ1v) is 5.30. The van der Waals surface area contributed by atoms with Crippen LogP contribution in [0.5, 0.6) is 0 Å². The van der Waals surface area contributed by atoms with Crippen molar-refractivity contribution in [3.8, 4) is 0 Å². The molecule has 0 aromatic rings. The van der Waals surface area contributed by atoms with Gasteiger partial charge in [-0.15, -0.1) is 0 Å². The summed E-state index contributed by atoms with van der Waals surface area (Å²) in [6.07, 6.45) is 2.66. The van der Waals surface area contributed by atoms with Crippen LogP contribution in [0.1, 0.15) is 33.6 Å². The molecule has 1 aliphatic rings. The van der Waals surface area contributed by atoms with Gasteiger partial charge >= 0.3 is 0 Å². The Labute approximate surface area is 82.3 Å². The minimum absolute atomic E-state index is 0.0238. The summed E-state index contributed by atoms with van der Waals surface area (Å²) < 4.78 is 5.79. The molecule has 0 amide bonds. The predicted octanol–water partition coefficient (Wildman–Crippen LogP) is 2.14. The highest BCUT2D eigenvalue weighted by atomic mass is 16.5. The number of hydrogen-bond acceptors (Lipinski definition) is 2. The van der Waals surface area contributed by atoms with Crippen LogP contribution in [-0.4, -0.2) is 37.2 Å². The van der Waals surface area contributed by atoms with Crippen LogP contribution in [-0.2, 0) is 4.74 Å². The van der Waals surface area contributed by atoms with Crippen LogP contribution in [0, 0.1) is 5.92 Å². The van der Waals surface area contributed by atoms with E-state index < -0.39 is 0 Å². The second kappa shape index (κ2) is 4.43. The Morgan fingerprint density at radius 1 is 1.38 bits per heavy atom. The summed E-state index contributed by atoms with van der Waals surface area (Å²) in [4.78, 5) is 2.40. The van der Waals surface area contributed by atoms with E-state index in [0.717, 1.165) is 12.5 Å². The molecule has 1 aliphatic heterocycles. The molecule has 78 valence electrons. The van der Waals surface area contributed by atoms with Crippen LogP contribution < -0.4 is 0 Å². The molecule has 1 heterocycles. The number of hydrogen-bond donors (Lipinski definition) is 0. The average molecular weight is 185 g/mol. The standard InChI is InChI=1S/C11H23NO/c1-11(2,3)13-9-10-6-5-7-12(4)8-10/h10H,5-9H2,1-4H3/t10-/m0/s1. The third-order valence-electron chi connectivity index (χ3n) is 2.47. The molecule has 0 aliphatic carbocycles. The van der Waals surface area contributed by atoms with Crippen molar-refractivity contribution in [2.45, 2.75) is 39.2 Å². The van der Waals surface area contributed by atoms with Gasteiger partial charge in [-0.05, 0) is 53.1 Å². The lowest BCUT2D eigenvalue weighted by atomic mass is 9.99. The van der Waals surface area contributed by atoms with E-state index in [2.05, 4.69) is 32.7 Å². The highest BCUT2D eigenvalue weighted by Crippen LogP contribution is 2.18. The topological polar surface area (TPSA) is 12.5 Å². The van der Waals surface area contributed by atoms with Gasteiger partial charge in [0.25, 0.3) is 0 Å². The highest BCUT2D eigenvalue weighted by molar-refractivity contribution is 4.71.